The standard InChI is InChI=1S/C9H8Cl2N4/c1-2-6-3-4-15(14-6)9-12-7(10)5-8(11)13-9/h3-5H,2H2,1H3. The molecule has 0 saturated carbocycles. The zero-order valence-corrected chi connectivity index (χ0v) is 9.50. The van der Waals surface area contributed by atoms with Crippen LogP contribution in [-0.4, -0.2) is 19.7 Å². The molecule has 2 heterocycles. The summed E-state index contributed by atoms with van der Waals surface area (Å²) in [6, 6.07) is 3.38. The summed E-state index contributed by atoms with van der Waals surface area (Å²) in [5.74, 6) is 0.382. The normalized spacial score (nSPS) is 10.6. The van der Waals surface area contributed by atoms with E-state index in [0.29, 0.717) is 16.3 Å². The Morgan fingerprint density at radius 3 is 2.47 bits per heavy atom. The second-order valence-electron chi connectivity index (χ2n) is 2.92. The highest BCUT2D eigenvalue weighted by Crippen LogP contribution is 2.13. The molecule has 4 nitrogen and oxygen atoms in total. The molecule has 0 unspecified atom stereocenters. The molecule has 0 amide bonds. The van der Waals surface area contributed by atoms with Crippen molar-refractivity contribution >= 4 is 23.2 Å². The predicted octanol–water partition coefficient (Wildman–Crippen LogP) is 2.53. The molecule has 6 heteroatoms. The van der Waals surface area contributed by atoms with Crippen LogP contribution in [-0.2, 0) is 6.42 Å². The number of hydrogen-bond acceptors (Lipinski definition) is 3. The van der Waals surface area contributed by atoms with Crippen molar-refractivity contribution in [2.75, 3.05) is 0 Å². The van der Waals surface area contributed by atoms with Crippen molar-refractivity contribution in [2.24, 2.45) is 0 Å². The molecule has 0 N–H and O–H groups in total. The summed E-state index contributed by atoms with van der Waals surface area (Å²) in [4.78, 5) is 8.04. The lowest BCUT2D eigenvalue weighted by Crippen LogP contribution is -2.02. The first kappa shape index (κ1) is 10.4. The van der Waals surface area contributed by atoms with Gasteiger partial charge in [-0.3, -0.25) is 0 Å². The quantitative estimate of drug-likeness (QED) is 0.761. The van der Waals surface area contributed by atoms with Crippen LogP contribution in [0.5, 0.6) is 0 Å². The van der Waals surface area contributed by atoms with Gasteiger partial charge < -0.3 is 0 Å². The Morgan fingerprint density at radius 1 is 1.27 bits per heavy atom. The SMILES string of the molecule is CCc1ccn(-c2nc(Cl)cc(Cl)n2)n1. The number of rotatable bonds is 2. The zero-order valence-electron chi connectivity index (χ0n) is 7.98. The van der Waals surface area contributed by atoms with E-state index in [1.165, 1.54) is 6.07 Å². The average molecular weight is 243 g/mol. The van der Waals surface area contributed by atoms with Crippen LogP contribution >= 0.6 is 23.2 Å². The molecule has 2 aromatic heterocycles. The minimum absolute atomic E-state index is 0.304. The monoisotopic (exact) mass is 242 g/mol. The van der Waals surface area contributed by atoms with E-state index in [-0.39, 0.29) is 0 Å². The molecule has 0 aliphatic carbocycles. The summed E-state index contributed by atoms with van der Waals surface area (Å²) in [5, 5.41) is 4.86. The fraction of sp³-hybridized carbons (Fsp3) is 0.222. The lowest BCUT2D eigenvalue weighted by molar-refractivity contribution is 0.785. The Bertz CT molecular complexity index is 460. The Hall–Kier alpha value is -1.13. The zero-order chi connectivity index (χ0) is 10.8. The summed E-state index contributed by atoms with van der Waals surface area (Å²) in [5.41, 5.74) is 0.967. The number of hydrogen-bond donors (Lipinski definition) is 0. The molecule has 0 fully saturated rings. The largest absolute Gasteiger partial charge is 0.253 e. The molecule has 0 bridgehead atoms. The molecule has 2 rings (SSSR count). The van der Waals surface area contributed by atoms with Crippen molar-refractivity contribution in [1.29, 1.82) is 0 Å². The van der Waals surface area contributed by atoms with Gasteiger partial charge in [0.05, 0.1) is 5.69 Å². The first-order valence-corrected chi connectivity index (χ1v) is 5.19. The highest BCUT2D eigenvalue weighted by Gasteiger charge is 2.05. The van der Waals surface area contributed by atoms with E-state index in [9.17, 15) is 0 Å². The van der Waals surface area contributed by atoms with Gasteiger partial charge >= 0.3 is 0 Å². The maximum atomic E-state index is 5.76. The van der Waals surface area contributed by atoms with Crippen LogP contribution in [0.1, 0.15) is 12.6 Å². The molecule has 0 aliphatic rings. The second kappa shape index (κ2) is 4.16. The van der Waals surface area contributed by atoms with Gasteiger partial charge in [-0.15, -0.1) is 0 Å². The van der Waals surface area contributed by atoms with E-state index in [4.69, 9.17) is 23.2 Å². The minimum Gasteiger partial charge on any atom is -0.206 e. The molecule has 0 saturated heterocycles. The van der Waals surface area contributed by atoms with Crippen LogP contribution in [0.25, 0.3) is 5.95 Å². The summed E-state index contributed by atoms with van der Waals surface area (Å²) in [6.45, 7) is 2.03. The van der Waals surface area contributed by atoms with Crippen LogP contribution in [0.3, 0.4) is 0 Å². The lowest BCUT2D eigenvalue weighted by Gasteiger charge is -2.00. The van der Waals surface area contributed by atoms with Gasteiger partial charge in [0.25, 0.3) is 5.95 Å². The Kier molecular flexibility index (Phi) is 2.88. The molecule has 0 spiro atoms. The maximum absolute atomic E-state index is 5.76. The van der Waals surface area contributed by atoms with Gasteiger partial charge in [0.1, 0.15) is 10.3 Å². The van der Waals surface area contributed by atoms with Crippen LogP contribution in [0.2, 0.25) is 10.3 Å². The first-order valence-electron chi connectivity index (χ1n) is 4.44. The predicted molar refractivity (Wildman–Crippen MR) is 58.6 cm³/mol. The summed E-state index contributed by atoms with van der Waals surface area (Å²) < 4.78 is 1.55. The minimum atomic E-state index is 0.304. The van der Waals surface area contributed by atoms with Gasteiger partial charge in [-0.05, 0) is 12.5 Å². The van der Waals surface area contributed by atoms with Crippen molar-refractivity contribution in [3.8, 4) is 5.95 Å². The van der Waals surface area contributed by atoms with Crippen molar-refractivity contribution < 1.29 is 0 Å². The lowest BCUT2D eigenvalue weighted by atomic mass is 10.4. The number of nitrogens with zero attached hydrogens (tertiary/aromatic N) is 4. The fourth-order valence-electron chi connectivity index (χ4n) is 1.14. The van der Waals surface area contributed by atoms with Crippen molar-refractivity contribution in [3.63, 3.8) is 0 Å². The van der Waals surface area contributed by atoms with E-state index in [2.05, 4.69) is 15.1 Å². The van der Waals surface area contributed by atoms with Crippen LogP contribution < -0.4 is 0 Å². The topological polar surface area (TPSA) is 43.6 Å². The fourth-order valence-corrected chi connectivity index (χ4v) is 1.56. The first-order chi connectivity index (χ1) is 7.19. The Labute approximate surface area is 96.9 Å². The van der Waals surface area contributed by atoms with Crippen molar-refractivity contribution in [1.82, 2.24) is 19.7 Å². The van der Waals surface area contributed by atoms with Crippen LogP contribution in [0.15, 0.2) is 18.3 Å². The van der Waals surface area contributed by atoms with Gasteiger partial charge in [0.2, 0.25) is 0 Å². The van der Waals surface area contributed by atoms with E-state index < -0.39 is 0 Å². The van der Waals surface area contributed by atoms with Gasteiger partial charge in [-0.25, -0.2) is 4.68 Å². The highest BCUT2D eigenvalue weighted by molar-refractivity contribution is 6.33. The Balaban J connectivity index is 2.44. The van der Waals surface area contributed by atoms with E-state index in [0.717, 1.165) is 12.1 Å². The third kappa shape index (κ3) is 2.27. The summed E-state index contributed by atoms with van der Waals surface area (Å²) >= 11 is 11.5. The Morgan fingerprint density at radius 2 is 1.93 bits per heavy atom. The molecular formula is C9H8Cl2N4. The number of aromatic nitrogens is 4. The van der Waals surface area contributed by atoms with E-state index in [1.807, 2.05) is 13.0 Å². The third-order valence-electron chi connectivity index (χ3n) is 1.86. The number of aryl methyl sites for hydroxylation is 1. The molecule has 2 aromatic rings. The van der Waals surface area contributed by atoms with Gasteiger partial charge in [0, 0.05) is 12.3 Å². The molecule has 0 atom stereocenters. The second-order valence-corrected chi connectivity index (χ2v) is 3.69. The molecule has 78 valence electrons. The van der Waals surface area contributed by atoms with Crippen molar-refractivity contribution in [2.45, 2.75) is 13.3 Å². The smallest absolute Gasteiger partial charge is 0.206 e. The van der Waals surface area contributed by atoms with Gasteiger partial charge in [-0.2, -0.15) is 15.1 Å². The number of halogens is 2. The summed E-state index contributed by atoms with van der Waals surface area (Å²) in [6.07, 6.45) is 2.64. The highest BCUT2D eigenvalue weighted by atomic mass is 35.5. The van der Waals surface area contributed by atoms with E-state index >= 15 is 0 Å². The maximum Gasteiger partial charge on any atom is 0.253 e. The third-order valence-corrected chi connectivity index (χ3v) is 2.25. The molecular weight excluding hydrogens is 235 g/mol. The van der Waals surface area contributed by atoms with Gasteiger partial charge in [0.15, 0.2) is 0 Å². The molecule has 15 heavy (non-hydrogen) atoms. The van der Waals surface area contributed by atoms with Crippen molar-refractivity contribution in [3.05, 3.63) is 34.3 Å². The molecule has 0 radical (unpaired) electrons. The average Bonchev–Trinajstić information content (AvgIpc) is 2.64. The van der Waals surface area contributed by atoms with E-state index in [1.54, 1.807) is 10.9 Å². The van der Waals surface area contributed by atoms with Crippen LogP contribution in [0, 0.1) is 0 Å². The van der Waals surface area contributed by atoms with Gasteiger partial charge in [-0.1, -0.05) is 30.1 Å². The summed E-state index contributed by atoms with van der Waals surface area (Å²) in [7, 11) is 0. The van der Waals surface area contributed by atoms with Crippen LogP contribution in [0.4, 0.5) is 0 Å². The molecule has 0 aliphatic heterocycles. The molecule has 0 aromatic carbocycles.